The van der Waals surface area contributed by atoms with E-state index in [2.05, 4.69) is 10.2 Å². The molecule has 2 unspecified atom stereocenters. The molecule has 2 aliphatic heterocycles. The van der Waals surface area contributed by atoms with Crippen LogP contribution in [0.5, 0.6) is 0 Å². The summed E-state index contributed by atoms with van der Waals surface area (Å²) < 4.78 is 18.8. The van der Waals surface area contributed by atoms with Crippen LogP contribution in [0.1, 0.15) is 25.7 Å². The molecule has 0 aromatic rings. The Bertz CT molecular complexity index is 341. The van der Waals surface area contributed by atoms with Crippen molar-refractivity contribution in [2.24, 2.45) is 0 Å². The number of nitrogens with one attached hydrogen (secondary N) is 1. The lowest BCUT2D eigenvalue weighted by molar-refractivity contribution is 0.0804. The molecule has 1 saturated carbocycles. The number of piperazine rings is 1. The number of ether oxygens (including phenoxy) is 1. The van der Waals surface area contributed by atoms with E-state index in [-0.39, 0.29) is 18.7 Å². The maximum absolute atomic E-state index is 13.6. The van der Waals surface area contributed by atoms with Gasteiger partial charge < -0.3 is 15.0 Å². The Morgan fingerprint density at radius 2 is 1.80 bits per heavy atom. The Labute approximate surface area is 119 Å². The number of urea groups is 1. The highest BCUT2D eigenvalue weighted by molar-refractivity contribution is 5.74. The third-order valence-electron chi connectivity index (χ3n) is 4.74. The molecule has 1 N–H and O–H groups in total. The predicted octanol–water partition coefficient (Wildman–Crippen LogP) is 0.993. The zero-order valence-electron chi connectivity index (χ0n) is 11.9. The molecule has 2 atom stereocenters. The zero-order valence-corrected chi connectivity index (χ0v) is 11.9. The van der Waals surface area contributed by atoms with E-state index in [0.717, 1.165) is 25.9 Å². The van der Waals surface area contributed by atoms with E-state index in [1.165, 1.54) is 12.8 Å². The molecule has 1 aliphatic carbocycles. The summed E-state index contributed by atoms with van der Waals surface area (Å²) in [7, 11) is 0. The van der Waals surface area contributed by atoms with Crippen molar-refractivity contribution < 1.29 is 13.9 Å². The molecule has 6 heteroatoms. The van der Waals surface area contributed by atoms with E-state index in [1.807, 2.05) is 4.90 Å². The monoisotopic (exact) mass is 285 g/mol. The van der Waals surface area contributed by atoms with Gasteiger partial charge in [0.05, 0.1) is 19.3 Å². The number of hydrogen-bond acceptors (Lipinski definition) is 3. The van der Waals surface area contributed by atoms with Gasteiger partial charge in [0.2, 0.25) is 0 Å². The first-order valence-electron chi connectivity index (χ1n) is 7.75. The summed E-state index contributed by atoms with van der Waals surface area (Å²) in [5, 5.41) is 3.11. The summed E-state index contributed by atoms with van der Waals surface area (Å²) in [5.41, 5.74) is 0. The van der Waals surface area contributed by atoms with E-state index in [9.17, 15) is 9.18 Å². The van der Waals surface area contributed by atoms with Gasteiger partial charge in [0.25, 0.3) is 0 Å². The fourth-order valence-corrected chi connectivity index (χ4v) is 3.44. The van der Waals surface area contributed by atoms with Gasteiger partial charge in [-0.15, -0.1) is 0 Å². The van der Waals surface area contributed by atoms with Crippen LogP contribution in [0, 0.1) is 0 Å². The molecule has 2 heterocycles. The standard InChI is InChI=1S/C14H24FN3O2/c15-12-9-20-10-13(12)17-5-7-18(8-6-17)14(19)16-11-3-1-2-4-11/h11-13H,1-10H2,(H,16,19). The first-order valence-corrected chi connectivity index (χ1v) is 7.75. The molecule has 114 valence electrons. The molecule has 2 amide bonds. The van der Waals surface area contributed by atoms with Crippen molar-refractivity contribution in [3.63, 3.8) is 0 Å². The minimum absolute atomic E-state index is 0.0519. The van der Waals surface area contributed by atoms with E-state index in [4.69, 9.17) is 4.74 Å². The molecule has 3 fully saturated rings. The summed E-state index contributed by atoms with van der Waals surface area (Å²) in [6.07, 6.45) is 3.77. The van der Waals surface area contributed by atoms with E-state index < -0.39 is 6.17 Å². The number of amides is 2. The number of hydrogen-bond donors (Lipinski definition) is 1. The summed E-state index contributed by atoms with van der Waals surface area (Å²) in [5.74, 6) is 0. The Morgan fingerprint density at radius 1 is 1.10 bits per heavy atom. The van der Waals surface area contributed by atoms with E-state index in [1.54, 1.807) is 0 Å². The smallest absolute Gasteiger partial charge is 0.317 e. The van der Waals surface area contributed by atoms with Crippen molar-refractivity contribution in [3.8, 4) is 0 Å². The van der Waals surface area contributed by atoms with Gasteiger partial charge in [0.1, 0.15) is 6.17 Å². The molecule has 0 spiro atoms. The minimum atomic E-state index is -0.881. The Morgan fingerprint density at radius 3 is 2.40 bits per heavy atom. The molecule has 0 bridgehead atoms. The van der Waals surface area contributed by atoms with Crippen molar-refractivity contribution in [1.82, 2.24) is 15.1 Å². The van der Waals surface area contributed by atoms with E-state index in [0.29, 0.717) is 25.7 Å². The number of rotatable bonds is 2. The van der Waals surface area contributed by atoms with Crippen LogP contribution in [0.25, 0.3) is 0 Å². The number of nitrogens with zero attached hydrogens (tertiary/aromatic N) is 2. The molecular weight excluding hydrogens is 261 g/mol. The molecule has 5 nitrogen and oxygen atoms in total. The van der Waals surface area contributed by atoms with Gasteiger partial charge in [0, 0.05) is 32.2 Å². The van der Waals surface area contributed by atoms with Crippen LogP contribution < -0.4 is 5.32 Å². The van der Waals surface area contributed by atoms with Crippen LogP contribution in [0.3, 0.4) is 0 Å². The van der Waals surface area contributed by atoms with Gasteiger partial charge in [0.15, 0.2) is 0 Å². The third kappa shape index (κ3) is 3.06. The first kappa shape index (κ1) is 14.1. The number of carbonyl (C=O) groups is 1. The SMILES string of the molecule is O=C(NC1CCCC1)N1CCN(C2COCC2F)CC1. The van der Waals surface area contributed by atoms with Crippen LogP contribution in [0.2, 0.25) is 0 Å². The lowest BCUT2D eigenvalue weighted by Gasteiger charge is -2.38. The average Bonchev–Trinajstić information content (AvgIpc) is 3.10. The fourth-order valence-electron chi connectivity index (χ4n) is 3.44. The van der Waals surface area contributed by atoms with Crippen LogP contribution in [-0.4, -0.2) is 73.5 Å². The second kappa shape index (κ2) is 6.26. The minimum Gasteiger partial charge on any atom is -0.377 e. The summed E-state index contributed by atoms with van der Waals surface area (Å²) in [6.45, 7) is 3.55. The Hall–Kier alpha value is -0.880. The highest BCUT2D eigenvalue weighted by atomic mass is 19.1. The highest BCUT2D eigenvalue weighted by Crippen LogP contribution is 2.20. The second-order valence-electron chi connectivity index (χ2n) is 6.07. The molecule has 0 aromatic heterocycles. The number of halogens is 1. The molecule has 3 aliphatic rings. The maximum atomic E-state index is 13.6. The van der Waals surface area contributed by atoms with Crippen molar-refractivity contribution in [2.45, 2.75) is 43.9 Å². The summed E-state index contributed by atoms with van der Waals surface area (Å²) >= 11 is 0. The molecule has 3 rings (SSSR count). The van der Waals surface area contributed by atoms with Gasteiger partial charge >= 0.3 is 6.03 Å². The molecule has 20 heavy (non-hydrogen) atoms. The summed E-state index contributed by atoms with van der Waals surface area (Å²) in [4.78, 5) is 16.1. The van der Waals surface area contributed by atoms with Crippen molar-refractivity contribution in [1.29, 1.82) is 0 Å². The van der Waals surface area contributed by atoms with Crippen LogP contribution >= 0.6 is 0 Å². The number of alkyl halides is 1. The van der Waals surface area contributed by atoms with Gasteiger partial charge in [-0.2, -0.15) is 0 Å². The Kier molecular flexibility index (Phi) is 4.41. The van der Waals surface area contributed by atoms with Gasteiger partial charge in [-0.05, 0) is 12.8 Å². The molecule has 0 aromatic carbocycles. The van der Waals surface area contributed by atoms with Gasteiger partial charge in [-0.1, -0.05) is 12.8 Å². The topological polar surface area (TPSA) is 44.8 Å². The van der Waals surface area contributed by atoms with Crippen LogP contribution in [-0.2, 0) is 4.74 Å². The zero-order chi connectivity index (χ0) is 13.9. The quantitative estimate of drug-likeness (QED) is 0.823. The maximum Gasteiger partial charge on any atom is 0.317 e. The van der Waals surface area contributed by atoms with Crippen LogP contribution in [0.15, 0.2) is 0 Å². The third-order valence-corrected chi connectivity index (χ3v) is 4.74. The van der Waals surface area contributed by atoms with Gasteiger partial charge in [-0.25, -0.2) is 9.18 Å². The van der Waals surface area contributed by atoms with Crippen molar-refractivity contribution >= 4 is 6.03 Å². The van der Waals surface area contributed by atoms with Gasteiger partial charge in [-0.3, -0.25) is 4.90 Å². The summed E-state index contributed by atoms with van der Waals surface area (Å²) in [6, 6.07) is 0.296. The molecule has 2 saturated heterocycles. The predicted molar refractivity (Wildman–Crippen MR) is 73.4 cm³/mol. The fraction of sp³-hybridized carbons (Fsp3) is 0.929. The van der Waals surface area contributed by atoms with Crippen molar-refractivity contribution in [2.75, 3.05) is 39.4 Å². The lowest BCUT2D eigenvalue weighted by atomic mass is 10.1. The van der Waals surface area contributed by atoms with E-state index >= 15 is 0 Å². The normalized spacial score (nSPS) is 32.8. The average molecular weight is 285 g/mol. The van der Waals surface area contributed by atoms with Crippen LogP contribution in [0.4, 0.5) is 9.18 Å². The number of carbonyl (C=O) groups excluding carboxylic acids is 1. The first-order chi connectivity index (χ1) is 9.74. The largest absolute Gasteiger partial charge is 0.377 e. The molecule has 0 radical (unpaired) electrons. The van der Waals surface area contributed by atoms with Crippen molar-refractivity contribution in [3.05, 3.63) is 0 Å². The lowest BCUT2D eigenvalue weighted by Crippen LogP contribution is -2.56. The Balaban J connectivity index is 1.44. The highest BCUT2D eigenvalue weighted by Gasteiger charge is 2.35. The second-order valence-corrected chi connectivity index (χ2v) is 6.07. The molecular formula is C14H24FN3O2.